The molecule has 2 rings (SSSR count). The molecule has 1 aromatic carbocycles. The van der Waals surface area contributed by atoms with Gasteiger partial charge in [-0.1, -0.05) is 37.3 Å². The maximum absolute atomic E-state index is 12.5. The Morgan fingerprint density at radius 2 is 1.89 bits per heavy atom. The van der Waals surface area contributed by atoms with Gasteiger partial charge in [-0.25, -0.2) is 0 Å². The first kappa shape index (κ1) is 12.8. The van der Waals surface area contributed by atoms with E-state index in [1.807, 2.05) is 18.2 Å². The third-order valence-corrected chi connectivity index (χ3v) is 3.53. The van der Waals surface area contributed by atoms with Gasteiger partial charge in [-0.05, 0) is 25.7 Å². The van der Waals surface area contributed by atoms with E-state index in [9.17, 15) is 9.59 Å². The van der Waals surface area contributed by atoms with Crippen LogP contribution >= 0.6 is 0 Å². The monoisotopic (exact) mass is 246 g/mol. The molecule has 0 bridgehead atoms. The molecule has 0 radical (unpaired) electrons. The summed E-state index contributed by atoms with van der Waals surface area (Å²) < 4.78 is 5.08. The van der Waals surface area contributed by atoms with Crippen molar-refractivity contribution >= 4 is 11.8 Å². The van der Waals surface area contributed by atoms with Crippen LogP contribution in [0.25, 0.3) is 0 Å². The van der Waals surface area contributed by atoms with E-state index in [1.165, 1.54) is 0 Å². The van der Waals surface area contributed by atoms with E-state index < -0.39 is 5.41 Å². The number of Topliss-reactive ketones (excluding diaryl/α,β-unsaturated/α-hetero) is 1. The van der Waals surface area contributed by atoms with Crippen molar-refractivity contribution in [2.75, 3.05) is 6.61 Å². The van der Waals surface area contributed by atoms with Gasteiger partial charge in [0.05, 0.1) is 6.61 Å². The minimum atomic E-state index is -0.934. The molecule has 1 aromatic rings. The molecule has 0 amide bonds. The van der Waals surface area contributed by atoms with Crippen LogP contribution < -0.4 is 0 Å². The summed E-state index contributed by atoms with van der Waals surface area (Å²) >= 11 is 0. The zero-order valence-electron chi connectivity index (χ0n) is 10.8. The van der Waals surface area contributed by atoms with Crippen LogP contribution in [0.4, 0.5) is 0 Å². The highest BCUT2D eigenvalue weighted by atomic mass is 16.5. The van der Waals surface area contributed by atoms with E-state index in [1.54, 1.807) is 19.1 Å². The van der Waals surface area contributed by atoms with Crippen molar-refractivity contribution < 1.29 is 14.3 Å². The molecule has 0 N–H and O–H groups in total. The molecule has 18 heavy (non-hydrogen) atoms. The van der Waals surface area contributed by atoms with E-state index in [0.717, 1.165) is 0 Å². The molecule has 0 atom stereocenters. The van der Waals surface area contributed by atoms with Gasteiger partial charge in [-0.3, -0.25) is 9.59 Å². The average molecular weight is 246 g/mol. The van der Waals surface area contributed by atoms with Gasteiger partial charge in [0.1, 0.15) is 5.41 Å². The van der Waals surface area contributed by atoms with Gasteiger partial charge in [0.15, 0.2) is 5.78 Å². The zero-order valence-corrected chi connectivity index (χ0v) is 10.8. The first-order valence-corrected chi connectivity index (χ1v) is 6.37. The Balaban J connectivity index is 2.26. The third kappa shape index (κ3) is 2.05. The molecular formula is C15H18O3. The number of carbonyl (C=O) groups is 2. The number of benzene rings is 1. The van der Waals surface area contributed by atoms with Crippen molar-refractivity contribution in [2.45, 2.75) is 26.7 Å². The van der Waals surface area contributed by atoms with Crippen LogP contribution in [0.5, 0.6) is 0 Å². The van der Waals surface area contributed by atoms with E-state index in [-0.39, 0.29) is 11.8 Å². The summed E-state index contributed by atoms with van der Waals surface area (Å²) in [6.07, 6.45) is 1.19. The van der Waals surface area contributed by atoms with Crippen molar-refractivity contribution in [1.29, 1.82) is 0 Å². The van der Waals surface area contributed by atoms with Gasteiger partial charge in [0.2, 0.25) is 0 Å². The van der Waals surface area contributed by atoms with E-state index >= 15 is 0 Å². The molecule has 3 nitrogen and oxygen atoms in total. The number of hydrogen-bond donors (Lipinski definition) is 0. The standard InChI is InChI=1S/C15H18O3/c1-3-18-14(17)15(9-11(2)10-15)13(16)12-7-5-4-6-8-12/h4-8,11H,3,9-10H2,1-2H3. The molecule has 1 fully saturated rings. The van der Waals surface area contributed by atoms with Crippen molar-refractivity contribution in [3.63, 3.8) is 0 Å². The molecule has 96 valence electrons. The predicted octanol–water partition coefficient (Wildman–Crippen LogP) is 2.85. The highest BCUT2D eigenvalue weighted by molar-refractivity contribution is 6.13. The first-order chi connectivity index (χ1) is 8.60. The summed E-state index contributed by atoms with van der Waals surface area (Å²) in [4.78, 5) is 24.6. The summed E-state index contributed by atoms with van der Waals surface area (Å²) in [6, 6.07) is 9.00. The Morgan fingerprint density at radius 3 is 2.39 bits per heavy atom. The Labute approximate surface area is 107 Å². The second kappa shape index (κ2) is 4.92. The predicted molar refractivity (Wildman–Crippen MR) is 68.2 cm³/mol. The summed E-state index contributed by atoms with van der Waals surface area (Å²) in [6.45, 7) is 4.13. The number of ether oxygens (including phenoxy) is 1. The van der Waals surface area contributed by atoms with Crippen molar-refractivity contribution in [3.8, 4) is 0 Å². The highest BCUT2D eigenvalue weighted by Gasteiger charge is 2.55. The summed E-state index contributed by atoms with van der Waals surface area (Å²) in [7, 11) is 0. The smallest absolute Gasteiger partial charge is 0.320 e. The lowest BCUT2D eigenvalue weighted by atomic mass is 9.59. The number of esters is 1. The van der Waals surface area contributed by atoms with Crippen LogP contribution in [0.3, 0.4) is 0 Å². The van der Waals surface area contributed by atoms with Gasteiger partial charge in [0, 0.05) is 5.56 Å². The van der Waals surface area contributed by atoms with Crippen LogP contribution in [-0.2, 0) is 9.53 Å². The molecule has 0 aromatic heterocycles. The molecule has 0 spiro atoms. The fourth-order valence-electron chi connectivity index (χ4n) is 2.71. The maximum Gasteiger partial charge on any atom is 0.320 e. The van der Waals surface area contributed by atoms with Crippen LogP contribution in [0.2, 0.25) is 0 Å². The SMILES string of the molecule is CCOC(=O)C1(C(=O)c2ccccc2)CC(C)C1. The lowest BCUT2D eigenvalue weighted by Crippen LogP contribution is -2.50. The maximum atomic E-state index is 12.5. The molecule has 0 heterocycles. The van der Waals surface area contributed by atoms with E-state index in [4.69, 9.17) is 4.74 Å². The minimum absolute atomic E-state index is 0.0975. The fourth-order valence-corrected chi connectivity index (χ4v) is 2.71. The Morgan fingerprint density at radius 1 is 1.28 bits per heavy atom. The van der Waals surface area contributed by atoms with Crippen molar-refractivity contribution in [3.05, 3.63) is 35.9 Å². The highest BCUT2D eigenvalue weighted by Crippen LogP contribution is 2.48. The van der Waals surface area contributed by atoms with Crippen LogP contribution in [0.1, 0.15) is 37.0 Å². The van der Waals surface area contributed by atoms with Crippen LogP contribution in [0, 0.1) is 11.3 Å². The van der Waals surface area contributed by atoms with Gasteiger partial charge in [-0.15, -0.1) is 0 Å². The number of carbonyl (C=O) groups excluding carboxylic acids is 2. The summed E-state index contributed by atoms with van der Waals surface area (Å²) in [5.74, 6) is -0.0568. The van der Waals surface area contributed by atoms with Crippen LogP contribution in [-0.4, -0.2) is 18.4 Å². The van der Waals surface area contributed by atoms with Crippen molar-refractivity contribution in [1.82, 2.24) is 0 Å². The first-order valence-electron chi connectivity index (χ1n) is 6.37. The lowest BCUT2D eigenvalue weighted by Gasteiger charge is -2.42. The summed E-state index contributed by atoms with van der Waals surface area (Å²) in [5.41, 5.74) is -0.339. The largest absolute Gasteiger partial charge is 0.465 e. The number of ketones is 1. The van der Waals surface area contributed by atoms with Gasteiger partial charge >= 0.3 is 5.97 Å². The normalized spacial score (nSPS) is 26.2. The minimum Gasteiger partial charge on any atom is -0.465 e. The van der Waals surface area contributed by atoms with Gasteiger partial charge in [0.25, 0.3) is 0 Å². The van der Waals surface area contributed by atoms with Crippen LogP contribution in [0.15, 0.2) is 30.3 Å². The Kier molecular flexibility index (Phi) is 3.50. The van der Waals surface area contributed by atoms with Gasteiger partial charge < -0.3 is 4.74 Å². The second-order valence-electron chi connectivity index (χ2n) is 5.01. The number of hydrogen-bond acceptors (Lipinski definition) is 3. The quantitative estimate of drug-likeness (QED) is 0.466. The van der Waals surface area contributed by atoms with E-state index in [0.29, 0.717) is 30.9 Å². The molecule has 3 heteroatoms. The summed E-state index contributed by atoms with van der Waals surface area (Å²) in [5, 5.41) is 0. The molecule has 1 aliphatic carbocycles. The molecule has 0 saturated heterocycles. The fraction of sp³-hybridized carbons (Fsp3) is 0.467. The lowest BCUT2D eigenvalue weighted by molar-refractivity contribution is -0.159. The average Bonchev–Trinajstić information content (AvgIpc) is 2.35. The molecule has 1 saturated carbocycles. The molecular weight excluding hydrogens is 228 g/mol. The zero-order chi connectivity index (χ0) is 13.2. The van der Waals surface area contributed by atoms with Gasteiger partial charge in [-0.2, -0.15) is 0 Å². The molecule has 0 unspecified atom stereocenters. The topological polar surface area (TPSA) is 43.4 Å². The molecule has 0 aliphatic heterocycles. The molecule has 1 aliphatic rings. The Bertz CT molecular complexity index is 444. The Hall–Kier alpha value is -1.64. The second-order valence-corrected chi connectivity index (χ2v) is 5.01. The number of rotatable bonds is 4. The van der Waals surface area contributed by atoms with Crippen molar-refractivity contribution in [2.24, 2.45) is 11.3 Å². The third-order valence-electron chi connectivity index (χ3n) is 3.53. The van der Waals surface area contributed by atoms with E-state index in [2.05, 4.69) is 6.92 Å².